The molecule has 0 fully saturated rings. The maximum Gasteiger partial charge on any atom is 0.264 e. The van der Waals surface area contributed by atoms with Crippen molar-refractivity contribution in [2.24, 2.45) is 0 Å². The van der Waals surface area contributed by atoms with Crippen molar-refractivity contribution in [2.45, 2.75) is 51.1 Å². The molecular weight excluding hydrogens is 613 g/mol. The first kappa shape index (κ1) is 33.7. The highest BCUT2D eigenvalue weighted by molar-refractivity contribution is 7.92. The van der Waals surface area contributed by atoms with Gasteiger partial charge >= 0.3 is 0 Å². The fraction of sp³-hybridized carbons (Fsp3) is 0.257. The van der Waals surface area contributed by atoms with Crippen LogP contribution in [0.5, 0.6) is 0 Å². The SMILES string of the molecule is CCCNC(=O)[C@H](Cc1ccccc1)N(Cc1ccccc1F)C(=O)CN(c1ccc(Cl)cc1C)S(=O)(=O)c1ccc(C)cc1. The molecule has 0 spiro atoms. The molecule has 10 heteroatoms. The highest BCUT2D eigenvalue weighted by atomic mass is 35.5. The van der Waals surface area contributed by atoms with E-state index in [9.17, 15) is 18.0 Å². The summed E-state index contributed by atoms with van der Waals surface area (Å²) in [6.07, 6.45) is 0.810. The van der Waals surface area contributed by atoms with E-state index in [0.29, 0.717) is 23.6 Å². The average Bonchev–Trinajstić information content (AvgIpc) is 3.02. The standard InChI is InChI=1S/C35H37ClFN3O4S/c1-4-20-38-35(42)33(22-27-10-6-5-7-11-27)39(23-28-12-8-9-13-31(28)37)34(41)24-40(32-19-16-29(36)21-26(32)3)45(43,44)30-17-14-25(2)15-18-30/h5-19,21,33H,4,20,22-24H2,1-3H3,(H,38,42)/t33-/m0/s1. The van der Waals surface area contributed by atoms with E-state index in [1.54, 1.807) is 55.5 Å². The first-order chi connectivity index (χ1) is 21.5. The number of hydrogen-bond donors (Lipinski definition) is 1. The second kappa shape index (κ2) is 15.2. The van der Waals surface area contributed by atoms with Crippen molar-refractivity contribution in [3.8, 4) is 0 Å². The molecule has 45 heavy (non-hydrogen) atoms. The summed E-state index contributed by atoms with van der Waals surface area (Å²) in [5.41, 5.74) is 2.65. The number of carbonyl (C=O) groups is 2. The smallest absolute Gasteiger partial charge is 0.264 e. The molecule has 0 saturated heterocycles. The number of rotatable bonds is 13. The van der Waals surface area contributed by atoms with Crippen LogP contribution in [-0.4, -0.2) is 44.3 Å². The molecule has 0 aliphatic carbocycles. The summed E-state index contributed by atoms with van der Waals surface area (Å²) in [6.45, 7) is 4.95. The number of aryl methyl sites for hydroxylation is 2. The van der Waals surface area contributed by atoms with Gasteiger partial charge in [0, 0.05) is 30.1 Å². The molecule has 0 bridgehead atoms. The molecule has 4 aromatic carbocycles. The second-order valence-corrected chi connectivity index (χ2v) is 13.2. The van der Waals surface area contributed by atoms with Gasteiger partial charge in [0.15, 0.2) is 0 Å². The number of anilines is 1. The summed E-state index contributed by atoms with van der Waals surface area (Å²) in [5.74, 6) is -1.63. The van der Waals surface area contributed by atoms with Crippen molar-refractivity contribution in [2.75, 3.05) is 17.4 Å². The summed E-state index contributed by atoms with van der Waals surface area (Å²) >= 11 is 6.20. The van der Waals surface area contributed by atoms with Gasteiger partial charge in [0.1, 0.15) is 18.4 Å². The van der Waals surface area contributed by atoms with Crippen molar-refractivity contribution in [3.05, 3.63) is 130 Å². The van der Waals surface area contributed by atoms with Crippen LogP contribution in [0, 0.1) is 19.7 Å². The van der Waals surface area contributed by atoms with Gasteiger partial charge in [0.2, 0.25) is 11.8 Å². The molecule has 2 amide bonds. The Hall–Kier alpha value is -4.21. The van der Waals surface area contributed by atoms with E-state index in [4.69, 9.17) is 11.6 Å². The molecule has 0 aliphatic heterocycles. The predicted octanol–water partition coefficient (Wildman–Crippen LogP) is 6.46. The molecule has 0 aromatic heterocycles. The van der Waals surface area contributed by atoms with Crippen molar-refractivity contribution in [3.63, 3.8) is 0 Å². The quantitative estimate of drug-likeness (QED) is 0.180. The highest BCUT2D eigenvalue weighted by Crippen LogP contribution is 2.30. The molecule has 236 valence electrons. The van der Waals surface area contributed by atoms with Crippen LogP contribution in [0.15, 0.2) is 102 Å². The molecule has 0 unspecified atom stereocenters. The number of hydrogen-bond acceptors (Lipinski definition) is 4. The number of nitrogens with zero attached hydrogens (tertiary/aromatic N) is 2. The van der Waals surface area contributed by atoms with Gasteiger partial charge in [-0.05, 0) is 67.8 Å². The molecular formula is C35H37ClFN3O4S. The Kier molecular flexibility index (Phi) is 11.4. The Morgan fingerprint density at radius 3 is 2.22 bits per heavy atom. The van der Waals surface area contributed by atoms with E-state index in [0.717, 1.165) is 15.4 Å². The Morgan fingerprint density at radius 1 is 0.911 bits per heavy atom. The molecule has 0 radical (unpaired) electrons. The zero-order chi connectivity index (χ0) is 32.6. The largest absolute Gasteiger partial charge is 0.354 e. The number of nitrogens with one attached hydrogen (secondary N) is 1. The molecule has 4 aromatic rings. The van der Waals surface area contributed by atoms with Gasteiger partial charge in [-0.3, -0.25) is 13.9 Å². The molecule has 7 nitrogen and oxygen atoms in total. The predicted molar refractivity (Wildman–Crippen MR) is 176 cm³/mol. The normalized spacial score (nSPS) is 11.9. The molecule has 1 N–H and O–H groups in total. The van der Waals surface area contributed by atoms with Crippen molar-refractivity contribution < 1.29 is 22.4 Å². The van der Waals surface area contributed by atoms with E-state index < -0.39 is 40.2 Å². The van der Waals surface area contributed by atoms with E-state index in [1.807, 2.05) is 44.2 Å². The lowest BCUT2D eigenvalue weighted by Gasteiger charge is -2.34. The Balaban J connectivity index is 1.83. The first-order valence-electron chi connectivity index (χ1n) is 14.7. The fourth-order valence-corrected chi connectivity index (χ4v) is 6.68. The Bertz CT molecular complexity index is 1730. The van der Waals surface area contributed by atoms with Crippen molar-refractivity contribution >= 4 is 39.1 Å². The van der Waals surface area contributed by atoms with E-state index in [2.05, 4.69) is 5.32 Å². The van der Waals surface area contributed by atoms with Gasteiger partial charge in [-0.15, -0.1) is 0 Å². The van der Waals surface area contributed by atoms with Crippen LogP contribution in [0.2, 0.25) is 5.02 Å². The van der Waals surface area contributed by atoms with Crippen LogP contribution in [0.25, 0.3) is 0 Å². The van der Waals surface area contributed by atoms with Crippen LogP contribution in [0.1, 0.15) is 35.6 Å². The zero-order valence-electron chi connectivity index (χ0n) is 25.5. The van der Waals surface area contributed by atoms with Crippen LogP contribution < -0.4 is 9.62 Å². The number of benzene rings is 4. The monoisotopic (exact) mass is 649 g/mol. The fourth-order valence-electron chi connectivity index (χ4n) is 4.98. The lowest BCUT2D eigenvalue weighted by atomic mass is 10.0. The van der Waals surface area contributed by atoms with E-state index in [-0.39, 0.29) is 29.1 Å². The van der Waals surface area contributed by atoms with E-state index >= 15 is 4.39 Å². The summed E-state index contributed by atoms with van der Waals surface area (Å²) in [4.78, 5) is 29.4. The third kappa shape index (κ3) is 8.49. The highest BCUT2D eigenvalue weighted by Gasteiger charge is 2.35. The van der Waals surface area contributed by atoms with Gasteiger partial charge < -0.3 is 10.2 Å². The van der Waals surface area contributed by atoms with Crippen molar-refractivity contribution in [1.29, 1.82) is 0 Å². The van der Waals surface area contributed by atoms with Gasteiger partial charge in [0.05, 0.1) is 10.6 Å². The maximum atomic E-state index is 15.0. The molecule has 0 heterocycles. The Morgan fingerprint density at radius 2 is 1.58 bits per heavy atom. The second-order valence-electron chi connectivity index (χ2n) is 10.9. The third-order valence-corrected chi connectivity index (χ3v) is 9.44. The minimum atomic E-state index is -4.27. The number of carbonyl (C=O) groups excluding carboxylic acids is 2. The third-order valence-electron chi connectivity index (χ3n) is 7.43. The van der Waals surface area contributed by atoms with Gasteiger partial charge in [0.25, 0.3) is 10.0 Å². The van der Waals surface area contributed by atoms with Crippen molar-refractivity contribution in [1.82, 2.24) is 10.2 Å². The van der Waals surface area contributed by atoms with Crippen LogP contribution in [-0.2, 0) is 32.6 Å². The summed E-state index contributed by atoms with van der Waals surface area (Å²) in [7, 11) is -4.27. The molecule has 0 aliphatic rings. The summed E-state index contributed by atoms with van der Waals surface area (Å²) < 4.78 is 44.4. The van der Waals surface area contributed by atoms with Gasteiger partial charge in [-0.1, -0.05) is 84.8 Å². The minimum absolute atomic E-state index is 0.00238. The number of sulfonamides is 1. The van der Waals surface area contributed by atoms with Crippen LogP contribution >= 0.6 is 11.6 Å². The Labute approximate surface area is 269 Å². The molecule has 0 saturated carbocycles. The number of amides is 2. The van der Waals surface area contributed by atoms with Crippen LogP contribution in [0.3, 0.4) is 0 Å². The molecule has 1 atom stereocenters. The average molecular weight is 650 g/mol. The van der Waals surface area contributed by atoms with Gasteiger partial charge in [-0.25, -0.2) is 12.8 Å². The minimum Gasteiger partial charge on any atom is -0.354 e. The lowest BCUT2D eigenvalue weighted by molar-refractivity contribution is -0.140. The maximum absolute atomic E-state index is 15.0. The first-order valence-corrected chi connectivity index (χ1v) is 16.5. The molecule has 4 rings (SSSR count). The lowest BCUT2D eigenvalue weighted by Crippen LogP contribution is -2.53. The van der Waals surface area contributed by atoms with Gasteiger partial charge in [-0.2, -0.15) is 0 Å². The summed E-state index contributed by atoms with van der Waals surface area (Å²) in [6, 6.07) is 25.2. The zero-order valence-corrected chi connectivity index (χ0v) is 27.1. The summed E-state index contributed by atoms with van der Waals surface area (Å²) in [5, 5.41) is 3.29. The van der Waals surface area contributed by atoms with E-state index in [1.165, 1.54) is 23.1 Å². The van der Waals surface area contributed by atoms with Crippen LogP contribution in [0.4, 0.5) is 10.1 Å². The topological polar surface area (TPSA) is 86.8 Å². The number of halogens is 2.